The first-order valence-corrected chi connectivity index (χ1v) is 16.1. The molecule has 0 fully saturated rings. The van der Waals surface area contributed by atoms with Crippen LogP contribution < -0.4 is 9.64 Å². The SMILES string of the molecule is CC(C)(C)c1ccc(Oc2ccc(N3C(=O)c4ccc(C(c5ccc6c(c5)C(=O)N(C(C)(C)C)C6=O)(C(F)(F)F)C(F)(F)F)cc4C3=O)cc2)cc1. The van der Waals surface area contributed by atoms with Crippen LogP contribution in [0.5, 0.6) is 11.5 Å². The minimum absolute atomic E-state index is 0.00582. The number of benzene rings is 4. The lowest BCUT2D eigenvalue weighted by Crippen LogP contribution is -2.55. The third kappa shape index (κ3) is 5.62. The highest BCUT2D eigenvalue weighted by Gasteiger charge is 2.73. The fourth-order valence-electron chi connectivity index (χ4n) is 6.60. The predicted octanol–water partition coefficient (Wildman–Crippen LogP) is 9.38. The van der Waals surface area contributed by atoms with Gasteiger partial charge >= 0.3 is 12.4 Å². The van der Waals surface area contributed by atoms with Crippen LogP contribution >= 0.6 is 0 Å². The number of anilines is 1. The van der Waals surface area contributed by atoms with E-state index in [1.54, 1.807) is 12.1 Å². The summed E-state index contributed by atoms with van der Waals surface area (Å²) in [7, 11) is 0. The van der Waals surface area contributed by atoms with Gasteiger partial charge < -0.3 is 4.74 Å². The van der Waals surface area contributed by atoms with Gasteiger partial charge in [-0.15, -0.1) is 0 Å². The average molecular weight is 723 g/mol. The number of halogens is 6. The van der Waals surface area contributed by atoms with Crippen LogP contribution in [0.15, 0.2) is 84.9 Å². The number of fused-ring (bicyclic) bond motifs is 2. The summed E-state index contributed by atoms with van der Waals surface area (Å²) in [5.74, 6) is -3.15. The van der Waals surface area contributed by atoms with Gasteiger partial charge in [-0.1, -0.05) is 45.0 Å². The highest BCUT2D eigenvalue weighted by molar-refractivity contribution is 6.34. The van der Waals surface area contributed by atoms with Crippen LogP contribution in [0, 0.1) is 0 Å². The molecule has 0 saturated carbocycles. The Morgan fingerprint density at radius 1 is 0.481 bits per heavy atom. The van der Waals surface area contributed by atoms with Gasteiger partial charge in [0.25, 0.3) is 23.6 Å². The lowest BCUT2D eigenvalue weighted by molar-refractivity contribution is -0.288. The van der Waals surface area contributed by atoms with Crippen molar-refractivity contribution in [3.63, 3.8) is 0 Å². The highest BCUT2D eigenvalue weighted by atomic mass is 19.4. The second kappa shape index (κ2) is 11.8. The number of carbonyl (C=O) groups excluding carboxylic acids is 4. The van der Waals surface area contributed by atoms with Crippen molar-refractivity contribution in [2.24, 2.45) is 0 Å². The van der Waals surface area contributed by atoms with Crippen molar-refractivity contribution in [3.8, 4) is 11.5 Å². The number of hydrogen-bond donors (Lipinski definition) is 0. The Labute approximate surface area is 294 Å². The number of carbonyl (C=O) groups is 4. The van der Waals surface area contributed by atoms with Gasteiger partial charge in [0, 0.05) is 5.54 Å². The molecular formula is C39H32F6N2O5. The molecule has 0 spiro atoms. The zero-order valence-electron chi connectivity index (χ0n) is 28.8. The Morgan fingerprint density at radius 3 is 1.31 bits per heavy atom. The largest absolute Gasteiger partial charge is 0.457 e. The zero-order chi connectivity index (χ0) is 38.3. The fourth-order valence-corrected chi connectivity index (χ4v) is 6.60. The molecule has 2 aliphatic heterocycles. The van der Waals surface area contributed by atoms with Crippen LogP contribution in [-0.2, 0) is 10.8 Å². The number of hydrogen-bond acceptors (Lipinski definition) is 5. The van der Waals surface area contributed by atoms with Gasteiger partial charge in [-0.2, -0.15) is 26.3 Å². The maximum atomic E-state index is 15.1. The maximum Gasteiger partial charge on any atom is 0.411 e. The van der Waals surface area contributed by atoms with E-state index in [1.807, 2.05) is 12.1 Å². The van der Waals surface area contributed by atoms with Gasteiger partial charge in [0.2, 0.25) is 5.41 Å². The van der Waals surface area contributed by atoms with Crippen molar-refractivity contribution in [1.29, 1.82) is 0 Å². The summed E-state index contributed by atoms with van der Waals surface area (Å²) >= 11 is 0. The Morgan fingerprint density at radius 2 is 0.865 bits per heavy atom. The van der Waals surface area contributed by atoms with Crippen LogP contribution in [-0.4, -0.2) is 46.4 Å². The number of imide groups is 2. The molecule has 4 amide bonds. The summed E-state index contributed by atoms with van der Waals surface area (Å²) in [5.41, 5.74) is -9.71. The van der Waals surface area contributed by atoms with Gasteiger partial charge in [-0.3, -0.25) is 24.1 Å². The number of alkyl halides is 6. The topological polar surface area (TPSA) is 84.0 Å². The third-order valence-corrected chi connectivity index (χ3v) is 9.21. The van der Waals surface area contributed by atoms with E-state index in [2.05, 4.69) is 20.8 Å². The highest BCUT2D eigenvalue weighted by Crippen LogP contribution is 2.57. The second-order valence-corrected chi connectivity index (χ2v) is 14.7. The molecule has 4 aromatic rings. The molecule has 2 aliphatic rings. The first-order valence-electron chi connectivity index (χ1n) is 16.1. The fraction of sp³-hybridized carbons (Fsp3) is 0.282. The monoisotopic (exact) mass is 722 g/mol. The molecule has 52 heavy (non-hydrogen) atoms. The predicted molar refractivity (Wildman–Crippen MR) is 179 cm³/mol. The van der Waals surface area contributed by atoms with Gasteiger partial charge in [0.05, 0.1) is 27.9 Å². The Hall–Kier alpha value is -5.46. The van der Waals surface area contributed by atoms with Crippen molar-refractivity contribution >= 4 is 29.3 Å². The summed E-state index contributed by atoms with van der Waals surface area (Å²) in [6, 6.07) is 16.4. The molecule has 270 valence electrons. The first kappa shape index (κ1) is 36.3. The standard InChI is InChI=1S/C39H32F6N2O5/c1-35(2,3)21-7-13-25(14-8-21)52-26-15-11-24(12-16-26)46-31(48)27-17-9-22(19-29(27)32(46)49)37(38(40,41)42,39(43,44)45)23-10-18-28-30(20-23)34(51)47(33(28)50)36(4,5)6/h7-20H,1-6H3. The summed E-state index contributed by atoms with van der Waals surface area (Å²) in [4.78, 5) is 54.5. The molecule has 0 unspecified atom stereocenters. The van der Waals surface area contributed by atoms with E-state index in [4.69, 9.17) is 4.74 Å². The van der Waals surface area contributed by atoms with E-state index < -0.39 is 74.8 Å². The molecule has 0 atom stereocenters. The number of rotatable bonds is 5. The Bertz CT molecular complexity index is 2130. The van der Waals surface area contributed by atoms with E-state index in [-0.39, 0.29) is 16.7 Å². The van der Waals surface area contributed by atoms with Gasteiger partial charge in [0.15, 0.2) is 0 Å². The van der Waals surface area contributed by atoms with Crippen molar-refractivity contribution in [3.05, 3.63) is 124 Å². The number of nitrogens with zero attached hydrogens (tertiary/aromatic N) is 2. The maximum absolute atomic E-state index is 15.1. The molecule has 6 rings (SSSR count). The van der Waals surface area contributed by atoms with Crippen LogP contribution in [0.25, 0.3) is 0 Å². The van der Waals surface area contributed by atoms with Gasteiger partial charge in [-0.25, -0.2) is 4.90 Å². The molecule has 13 heteroatoms. The van der Waals surface area contributed by atoms with E-state index in [0.29, 0.717) is 40.7 Å². The quantitative estimate of drug-likeness (QED) is 0.152. The zero-order valence-corrected chi connectivity index (χ0v) is 28.8. The second-order valence-electron chi connectivity index (χ2n) is 14.7. The summed E-state index contributed by atoms with van der Waals surface area (Å²) < 4.78 is 96.5. The summed E-state index contributed by atoms with van der Waals surface area (Å²) in [5, 5.41) is 0. The summed E-state index contributed by atoms with van der Waals surface area (Å²) in [6.45, 7) is 10.7. The minimum atomic E-state index is -6.07. The van der Waals surface area contributed by atoms with Gasteiger partial charge in [0.1, 0.15) is 11.5 Å². The molecule has 0 aromatic heterocycles. The van der Waals surface area contributed by atoms with Crippen LogP contribution in [0.3, 0.4) is 0 Å². The lowest BCUT2D eigenvalue weighted by atomic mass is 9.71. The normalized spacial score (nSPS) is 15.4. The van der Waals surface area contributed by atoms with Crippen molar-refractivity contribution in [2.45, 2.75) is 70.3 Å². The summed E-state index contributed by atoms with van der Waals surface area (Å²) in [6.07, 6.45) is -12.1. The van der Waals surface area contributed by atoms with Crippen molar-refractivity contribution < 1.29 is 50.3 Å². The van der Waals surface area contributed by atoms with Crippen molar-refractivity contribution in [1.82, 2.24) is 4.90 Å². The van der Waals surface area contributed by atoms with E-state index >= 15 is 26.3 Å². The smallest absolute Gasteiger partial charge is 0.411 e. The number of amides is 4. The Balaban J connectivity index is 1.37. The minimum Gasteiger partial charge on any atom is -0.457 e. The lowest BCUT2D eigenvalue weighted by Gasteiger charge is -2.38. The molecular weight excluding hydrogens is 690 g/mol. The van der Waals surface area contributed by atoms with Crippen LogP contribution in [0.4, 0.5) is 32.0 Å². The average Bonchev–Trinajstić information content (AvgIpc) is 3.43. The molecule has 0 aliphatic carbocycles. The molecule has 0 saturated heterocycles. The Kier molecular flexibility index (Phi) is 8.24. The molecule has 2 heterocycles. The molecule has 4 aromatic carbocycles. The van der Waals surface area contributed by atoms with Crippen LogP contribution in [0.1, 0.15) is 99.7 Å². The third-order valence-electron chi connectivity index (χ3n) is 9.21. The molecule has 0 N–H and O–H groups in total. The molecule has 7 nitrogen and oxygen atoms in total. The van der Waals surface area contributed by atoms with Crippen LogP contribution in [0.2, 0.25) is 0 Å². The first-order chi connectivity index (χ1) is 24.0. The van der Waals surface area contributed by atoms with Crippen molar-refractivity contribution in [2.75, 3.05) is 4.90 Å². The van der Waals surface area contributed by atoms with Gasteiger partial charge in [-0.05, 0) is 104 Å². The van der Waals surface area contributed by atoms with E-state index in [9.17, 15) is 19.2 Å². The van der Waals surface area contributed by atoms with E-state index in [1.165, 1.54) is 45.0 Å². The number of ether oxygens (including phenoxy) is 1. The molecule has 0 bridgehead atoms. The molecule has 0 radical (unpaired) electrons. The van der Waals surface area contributed by atoms with E-state index in [0.717, 1.165) is 22.6 Å².